The smallest absolute Gasteiger partial charge is 0.322 e. The molecule has 0 unspecified atom stereocenters. The summed E-state index contributed by atoms with van der Waals surface area (Å²) in [5.41, 5.74) is 0.920. The van der Waals surface area contributed by atoms with Gasteiger partial charge in [0.15, 0.2) is 0 Å². The minimum Gasteiger partial charge on any atom is -0.480 e. The van der Waals surface area contributed by atoms with E-state index in [4.69, 9.17) is 5.11 Å². The van der Waals surface area contributed by atoms with Crippen LogP contribution in [-0.4, -0.2) is 41.5 Å². The van der Waals surface area contributed by atoms with Crippen molar-refractivity contribution >= 4 is 11.9 Å². The molecule has 6 heteroatoms. The van der Waals surface area contributed by atoms with Gasteiger partial charge in [-0.3, -0.25) is 14.5 Å². The topological polar surface area (TPSA) is 69.6 Å². The van der Waals surface area contributed by atoms with Gasteiger partial charge in [0.2, 0.25) is 5.91 Å². The van der Waals surface area contributed by atoms with Crippen LogP contribution >= 0.6 is 0 Å². The van der Waals surface area contributed by atoms with Gasteiger partial charge in [0.1, 0.15) is 12.4 Å². The zero-order chi connectivity index (χ0) is 16.4. The molecule has 0 fully saturated rings. The Balaban J connectivity index is 2.56. The van der Waals surface area contributed by atoms with E-state index in [9.17, 15) is 14.0 Å². The molecule has 5 nitrogen and oxygen atoms in total. The maximum absolute atomic E-state index is 12.9. The number of aliphatic carboxylic acids is 1. The molecule has 1 amide bonds. The Bertz CT molecular complexity index is 477. The van der Waals surface area contributed by atoms with Gasteiger partial charge in [-0.15, -0.1) is 0 Å². The third kappa shape index (κ3) is 7.73. The van der Waals surface area contributed by atoms with Crippen LogP contribution in [0.5, 0.6) is 0 Å². The maximum Gasteiger partial charge on any atom is 0.322 e. The number of carbonyl (C=O) groups excluding carboxylic acids is 1. The summed E-state index contributed by atoms with van der Waals surface area (Å²) in [5.74, 6) is -1.68. The van der Waals surface area contributed by atoms with Crippen molar-refractivity contribution < 1.29 is 19.1 Å². The van der Waals surface area contributed by atoms with Gasteiger partial charge in [-0.05, 0) is 30.7 Å². The Morgan fingerprint density at radius 1 is 1.23 bits per heavy atom. The zero-order valence-corrected chi connectivity index (χ0v) is 12.8. The van der Waals surface area contributed by atoms with E-state index in [0.717, 1.165) is 31.4 Å². The molecular formula is C16H23FN2O3. The lowest BCUT2D eigenvalue weighted by atomic mass is 10.2. The fourth-order valence-corrected chi connectivity index (χ4v) is 2.08. The Morgan fingerprint density at radius 3 is 2.50 bits per heavy atom. The number of hydrogen-bond acceptors (Lipinski definition) is 3. The molecule has 0 saturated heterocycles. The summed E-state index contributed by atoms with van der Waals surface area (Å²) in [4.78, 5) is 24.2. The van der Waals surface area contributed by atoms with Gasteiger partial charge in [-0.25, -0.2) is 4.39 Å². The second-order valence-electron chi connectivity index (χ2n) is 5.21. The first-order chi connectivity index (χ1) is 10.5. The van der Waals surface area contributed by atoms with Crippen molar-refractivity contribution in [3.8, 4) is 0 Å². The fourth-order valence-electron chi connectivity index (χ4n) is 2.08. The highest BCUT2D eigenvalue weighted by molar-refractivity contribution is 5.82. The minimum absolute atomic E-state index is 0.133. The molecule has 2 N–H and O–H groups in total. The third-order valence-corrected chi connectivity index (χ3v) is 3.20. The van der Waals surface area contributed by atoms with Crippen LogP contribution in [0.1, 0.15) is 31.7 Å². The van der Waals surface area contributed by atoms with Crippen LogP contribution in [-0.2, 0) is 16.1 Å². The van der Waals surface area contributed by atoms with Crippen molar-refractivity contribution in [1.29, 1.82) is 0 Å². The molecule has 0 spiro atoms. The number of hydrogen-bond donors (Lipinski definition) is 2. The van der Waals surface area contributed by atoms with Gasteiger partial charge in [0.05, 0.1) is 6.54 Å². The summed E-state index contributed by atoms with van der Waals surface area (Å²) in [6.45, 7) is 3.13. The van der Waals surface area contributed by atoms with Crippen molar-refractivity contribution in [3.05, 3.63) is 35.6 Å². The molecule has 1 aromatic rings. The van der Waals surface area contributed by atoms with Crippen LogP contribution in [0.25, 0.3) is 0 Å². The van der Waals surface area contributed by atoms with Crippen molar-refractivity contribution in [3.63, 3.8) is 0 Å². The van der Waals surface area contributed by atoms with Gasteiger partial charge < -0.3 is 10.4 Å². The second kappa shape index (κ2) is 9.89. The molecule has 0 heterocycles. The van der Waals surface area contributed by atoms with Crippen LogP contribution < -0.4 is 5.32 Å². The van der Waals surface area contributed by atoms with E-state index < -0.39 is 5.97 Å². The average Bonchev–Trinajstić information content (AvgIpc) is 2.47. The molecule has 0 radical (unpaired) electrons. The van der Waals surface area contributed by atoms with Gasteiger partial charge >= 0.3 is 5.97 Å². The molecule has 122 valence electrons. The predicted octanol–water partition coefficient (Wildman–Crippen LogP) is 2.02. The van der Waals surface area contributed by atoms with Gasteiger partial charge in [0.25, 0.3) is 0 Å². The minimum atomic E-state index is -1.07. The molecular weight excluding hydrogens is 287 g/mol. The number of nitrogens with one attached hydrogen (secondary N) is 1. The summed E-state index contributed by atoms with van der Waals surface area (Å²) < 4.78 is 12.9. The molecule has 0 atom stereocenters. The lowest BCUT2D eigenvalue weighted by Crippen LogP contribution is -2.39. The number of amides is 1. The molecule has 1 rings (SSSR count). The Morgan fingerprint density at radius 2 is 1.91 bits per heavy atom. The monoisotopic (exact) mass is 310 g/mol. The predicted molar refractivity (Wildman–Crippen MR) is 81.8 cm³/mol. The van der Waals surface area contributed by atoms with E-state index in [1.54, 1.807) is 12.1 Å². The lowest BCUT2D eigenvalue weighted by molar-refractivity contribution is -0.138. The Hall–Kier alpha value is -1.95. The van der Waals surface area contributed by atoms with Crippen molar-refractivity contribution in [2.45, 2.75) is 32.7 Å². The first-order valence-electron chi connectivity index (χ1n) is 7.46. The highest BCUT2D eigenvalue weighted by Gasteiger charge is 2.12. The molecule has 0 aromatic heterocycles. The van der Waals surface area contributed by atoms with Crippen LogP contribution in [0.4, 0.5) is 4.39 Å². The number of rotatable bonds is 10. The first kappa shape index (κ1) is 18.1. The normalized spacial score (nSPS) is 10.7. The van der Waals surface area contributed by atoms with E-state index in [2.05, 4.69) is 12.2 Å². The molecule has 0 aliphatic carbocycles. The number of unbranched alkanes of at least 4 members (excludes halogenated alkanes) is 2. The number of nitrogens with zero attached hydrogens (tertiary/aromatic N) is 1. The Labute approximate surface area is 130 Å². The van der Waals surface area contributed by atoms with Crippen LogP contribution in [0.3, 0.4) is 0 Å². The van der Waals surface area contributed by atoms with E-state index in [0.29, 0.717) is 6.54 Å². The van der Waals surface area contributed by atoms with Crippen molar-refractivity contribution in [2.75, 3.05) is 19.6 Å². The molecule has 0 saturated carbocycles. The lowest BCUT2D eigenvalue weighted by Gasteiger charge is -2.21. The van der Waals surface area contributed by atoms with Gasteiger partial charge in [0, 0.05) is 6.54 Å². The number of benzene rings is 1. The quantitative estimate of drug-likeness (QED) is 0.649. The summed E-state index contributed by atoms with van der Waals surface area (Å²) in [5, 5.41) is 10.9. The third-order valence-electron chi connectivity index (χ3n) is 3.20. The molecule has 0 aliphatic heterocycles. The first-order valence-corrected chi connectivity index (χ1v) is 7.46. The molecule has 1 aromatic carbocycles. The fraction of sp³-hybridized carbons (Fsp3) is 0.500. The zero-order valence-electron chi connectivity index (χ0n) is 12.8. The number of carboxylic acids is 1. The summed E-state index contributed by atoms with van der Waals surface area (Å²) in [7, 11) is 0. The Kier molecular flexibility index (Phi) is 8.14. The second-order valence-corrected chi connectivity index (χ2v) is 5.21. The highest BCUT2D eigenvalue weighted by Crippen LogP contribution is 2.08. The van der Waals surface area contributed by atoms with Crippen LogP contribution in [0.15, 0.2) is 24.3 Å². The van der Waals surface area contributed by atoms with Gasteiger partial charge in [-0.1, -0.05) is 31.9 Å². The summed E-state index contributed by atoms with van der Waals surface area (Å²) in [6, 6.07) is 6.17. The maximum atomic E-state index is 12.9. The highest BCUT2D eigenvalue weighted by atomic mass is 19.1. The van der Waals surface area contributed by atoms with E-state index in [1.807, 2.05) is 4.90 Å². The largest absolute Gasteiger partial charge is 0.480 e. The van der Waals surface area contributed by atoms with E-state index >= 15 is 0 Å². The summed E-state index contributed by atoms with van der Waals surface area (Å²) in [6.07, 6.45) is 3.11. The number of carbonyl (C=O) groups is 2. The van der Waals surface area contributed by atoms with Crippen LogP contribution in [0.2, 0.25) is 0 Å². The standard InChI is InChI=1S/C16H23FN2O3/c1-2-3-4-9-19(12-15(20)18-10-16(21)22)11-13-5-7-14(17)8-6-13/h5-8H,2-4,9-12H2,1H3,(H,18,20)(H,21,22). The number of carboxylic acid groups (broad SMARTS) is 1. The molecule has 0 aliphatic rings. The van der Waals surface area contributed by atoms with Crippen molar-refractivity contribution in [2.24, 2.45) is 0 Å². The molecule has 0 bridgehead atoms. The number of halogens is 1. The van der Waals surface area contributed by atoms with Crippen molar-refractivity contribution in [1.82, 2.24) is 10.2 Å². The van der Waals surface area contributed by atoms with Gasteiger partial charge in [-0.2, -0.15) is 0 Å². The SMILES string of the molecule is CCCCCN(CC(=O)NCC(=O)O)Cc1ccc(F)cc1. The summed E-state index contributed by atoms with van der Waals surface area (Å²) >= 11 is 0. The molecule has 22 heavy (non-hydrogen) atoms. The van der Waals surface area contributed by atoms with E-state index in [1.165, 1.54) is 12.1 Å². The van der Waals surface area contributed by atoms with E-state index in [-0.39, 0.29) is 24.8 Å². The van der Waals surface area contributed by atoms with Crippen LogP contribution in [0, 0.1) is 5.82 Å². The average molecular weight is 310 g/mol.